The van der Waals surface area contributed by atoms with Crippen molar-refractivity contribution in [3.8, 4) is 11.3 Å². The largest absolute Gasteiger partial charge is 0.416 e. The third-order valence-corrected chi connectivity index (χ3v) is 8.38. The van der Waals surface area contributed by atoms with Gasteiger partial charge in [0.15, 0.2) is 5.13 Å². The topological polar surface area (TPSA) is 53.5 Å². The quantitative estimate of drug-likeness (QED) is 0.466. The van der Waals surface area contributed by atoms with Gasteiger partial charge in [-0.05, 0) is 30.2 Å². The van der Waals surface area contributed by atoms with Gasteiger partial charge in [0.1, 0.15) is 0 Å². The highest BCUT2D eigenvalue weighted by atomic mass is 32.2. The Morgan fingerprint density at radius 1 is 1.03 bits per heavy atom. The molecule has 0 radical (unpaired) electrons. The summed E-state index contributed by atoms with van der Waals surface area (Å²) < 4.78 is 66.0. The number of hydrogen-bond acceptors (Lipinski definition) is 5. The number of halogens is 3. The van der Waals surface area contributed by atoms with Gasteiger partial charge in [0.05, 0.1) is 16.2 Å². The van der Waals surface area contributed by atoms with Crippen molar-refractivity contribution in [1.82, 2.24) is 9.29 Å². The molecule has 4 rings (SSSR count). The molecule has 0 spiro atoms. The number of rotatable bonds is 6. The Labute approximate surface area is 195 Å². The van der Waals surface area contributed by atoms with Crippen molar-refractivity contribution in [2.24, 2.45) is 0 Å². The van der Waals surface area contributed by atoms with Crippen molar-refractivity contribution in [1.29, 1.82) is 0 Å². The molecule has 0 saturated carbocycles. The molecule has 1 aromatic heterocycles. The molecular formula is C23H24F3N3O2S2. The fraction of sp³-hybridized carbons (Fsp3) is 0.348. The molecule has 0 N–H and O–H groups in total. The van der Waals surface area contributed by atoms with E-state index in [2.05, 4.69) is 31.2 Å². The highest BCUT2D eigenvalue weighted by Crippen LogP contribution is 2.32. The molecule has 10 heteroatoms. The lowest BCUT2D eigenvalue weighted by molar-refractivity contribution is -0.137. The van der Waals surface area contributed by atoms with E-state index in [9.17, 15) is 21.6 Å². The molecular weight excluding hydrogens is 471 g/mol. The van der Waals surface area contributed by atoms with Crippen molar-refractivity contribution in [2.75, 3.05) is 31.1 Å². The number of piperazine rings is 1. The van der Waals surface area contributed by atoms with Crippen LogP contribution in [0.25, 0.3) is 11.3 Å². The lowest BCUT2D eigenvalue weighted by Crippen LogP contribution is -2.48. The van der Waals surface area contributed by atoms with Gasteiger partial charge in [0.2, 0.25) is 10.0 Å². The van der Waals surface area contributed by atoms with E-state index in [0.29, 0.717) is 19.2 Å². The van der Waals surface area contributed by atoms with Gasteiger partial charge in [-0.15, -0.1) is 11.3 Å². The first-order chi connectivity index (χ1) is 15.7. The molecule has 1 fully saturated rings. The predicted octanol–water partition coefficient (Wildman–Crippen LogP) is 5.29. The second kappa shape index (κ2) is 9.44. The fourth-order valence-electron chi connectivity index (χ4n) is 3.77. The summed E-state index contributed by atoms with van der Waals surface area (Å²) in [6, 6.07) is 12.2. The van der Waals surface area contributed by atoms with Crippen LogP contribution in [-0.4, -0.2) is 43.9 Å². The van der Waals surface area contributed by atoms with Crippen LogP contribution in [0.1, 0.15) is 24.5 Å². The number of alkyl halides is 3. The summed E-state index contributed by atoms with van der Waals surface area (Å²) in [6.45, 7) is 3.34. The maximum Gasteiger partial charge on any atom is 0.416 e. The lowest BCUT2D eigenvalue weighted by Gasteiger charge is -2.33. The van der Waals surface area contributed by atoms with Gasteiger partial charge in [0, 0.05) is 37.1 Å². The predicted molar refractivity (Wildman–Crippen MR) is 124 cm³/mol. The van der Waals surface area contributed by atoms with Crippen LogP contribution in [0.5, 0.6) is 0 Å². The van der Waals surface area contributed by atoms with Gasteiger partial charge in [-0.1, -0.05) is 43.7 Å². The Kier molecular flexibility index (Phi) is 6.78. The fourth-order valence-corrected chi connectivity index (χ4v) is 6.13. The van der Waals surface area contributed by atoms with E-state index in [-0.39, 0.29) is 18.0 Å². The molecule has 5 nitrogen and oxygen atoms in total. The number of benzene rings is 2. The molecule has 2 heterocycles. The SMILES string of the molecule is CCCc1ccc(-c2csc(N3CCN(S(=O)(=O)c4cccc(C(F)(F)F)c4)CC3)n2)cc1. The summed E-state index contributed by atoms with van der Waals surface area (Å²) in [6.07, 6.45) is -2.46. The zero-order chi connectivity index (χ0) is 23.6. The zero-order valence-electron chi connectivity index (χ0n) is 18.0. The normalized spacial score (nSPS) is 15.7. The Balaban J connectivity index is 1.43. The van der Waals surface area contributed by atoms with E-state index in [1.54, 1.807) is 0 Å². The first-order valence-electron chi connectivity index (χ1n) is 10.7. The summed E-state index contributed by atoms with van der Waals surface area (Å²) in [5, 5.41) is 2.79. The highest BCUT2D eigenvalue weighted by molar-refractivity contribution is 7.89. The smallest absolute Gasteiger partial charge is 0.345 e. The summed E-state index contributed by atoms with van der Waals surface area (Å²) in [5.41, 5.74) is 2.22. The number of aromatic nitrogens is 1. The summed E-state index contributed by atoms with van der Waals surface area (Å²) in [5.74, 6) is 0. The number of sulfonamides is 1. The molecule has 0 atom stereocenters. The van der Waals surface area contributed by atoms with Crippen LogP contribution >= 0.6 is 11.3 Å². The average Bonchev–Trinajstić information content (AvgIpc) is 3.30. The van der Waals surface area contributed by atoms with Crippen LogP contribution in [0.15, 0.2) is 58.8 Å². The zero-order valence-corrected chi connectivity index (χ0v) is 19.7. The van der Waals surface area contributed by atoms with Gasteiger partial charge in [-0.25, -0.2) is 13.4 Å². The average molecular weight is 496 g/mol. The third kappa shape index (κ3) is 5.23. The Bertz CT molecular complexity index is 1200. The Morgan fingerprint density at radius 2 is 1.73 bits per heavy atom. The molecule has 3 aromatic rings. The van der Waals surface area contributed by atoms with Gasteiger partial charge in [0.25, 0.3) is 0 Å². The van der Waals surface area contributed by atoms with E-state index >= 15 is 0 Å². The van der Waals surface area contributed by atoms with Gasteiger partial charge in [-0.3, -0.25) is 0 Å². The summed E-state index contributed by atoms with van der Waals surface area (Å²) >= 11 is 1.50. The minimum atomic E-state index is -4.59. The van der Waals surface area contributed by atoms with Crippen molar-refractivity contribution >= 4 is 26.5 Å². The van der Waals surface area contributed by atoms with E-state index < -0.39 is 21.8 Å². The van der Waals surface area contributed by atoms with E-state index in [4.69, 9.17) is 4.98 Å². The maximum absolute atomic E-state index is 13.0. The van der Waals surface area contributed by atoms with Gasteiger partial charge in [-0.2, -0.15) is 17.5 Å². The minimum absolute atomic E-state index is 0.180. The maximum atomic E-state index is 13.0. The molecule has 176 valence electrons. The Hall–Kier alpha value is -2.43. The van der Waals surface area contributed by atoms with Crippen molar-refractivity contribution in [3.05, 3.63) is 65.0 Å². The first-order valence-corrected chi connectivity index (χ1v) is 13.0. The van der Waals surface area contributed by atoms with Crippen LogP contribution in [0, 0.1) is 0 Å². The van der Waals surface area contributed by atoms with E-state index in [0.717, 1.165) is 41.4 Å². The van der Waals surface area contributed by atoms with Crippen molar-refractivity contribution < 1.29 is 21.6 Å². The molecule has 1 aliphatic rings. The summed E-state index contributed by atoms with van der Waals surface area (Å²) in [7, 11) is -4.01. The lowest BCUT2D eigenvalue weighted by atomic mass is 10.1. The Morgan fingerprint density at radius 3 is 2.36 bits per heavy atom. The first kappa shape index (κ1) is 23.7. The number of thiazole rings is 1. The second-order valence-electron chi connectivity index (χ2n) is 7.88. The molecule has 0 unspecified atom stereocenters. The number of hydrogen-bond donors (Lipinski definition) is 0. The molecule has 0 aliphatic carbocycles. The molecule has 0 amide bonds. The van der Waals surface area contributed by atoms with E-state index in [1.807, 2.05) is 10.3 Å². The molecule has 1 saturated heterocycles. The highest BCUT2D eigenvalue weighted by Gasteiger charge is 2.34. The molecule has 2 aromatic carbocycles. The van der Waals surface area contributed by atoms with Crippen LogP contribution in [-0.2, 0) is 22.6 Å². The third-order valence-electron chi connectivity index (χ3n) is 5.59. The number of aryl methyl sites for hydroxylation is 1. The monoisotopic (exact) mass is 495 g/mol. The number of anilines is 1. The minimum Gasteiger partial charge on any atom is -0.345 e. The molecule has 0 bridgehead atoms. The second-order valence-corrected chi connectivity index (χ2v) is 10.7. The molecule has 1 aliphatic heterocycles. The van der Waals surface area contributed by atoms with Crippen LogP contribution in [0.3, 0.4) is 0 Å². The van der Waals surface area contributed by atoms with Gasteiger partial charge < -0.3 is 4.90 Å². The number of nitrogens with zero attached hydrogens (tertiary/aromatic N) is 3. The van der Waals surface area contributed by atoms with Crippen LogP contribution < -0.4 is 4.90 Å². The van der Waals surface area contributed by atoms with Gasteiger partial charge >= 0.3 is 6.18 Å². The standard InChI is InChI=1S/C23H24F3N3O2S2/c1-2-4-17-7-9-18(10-8-17)21-16-32-22(27-21)28-11-13-29(14-12-28)33(30,31)20-6-3-5-19(15-20)23(24,25)26/h3,5-10,15-16H,2,4,11-14H2,1H3. The van der Waals surface area contributed by atoms with Crippen LogP contribution in [0.2, 0.25) is 0 Å². The van der Waals surface area contributed by atoms with E-state index in [1.165, 1.54) is 27.3 Å². The molecule has 33 heavy (non-hydrogen) atoms. The summed E-state index contributed by atoms with van der Waals surface area (Å²) in [4.78, 5) is 6.39. The van der Waals surface area contributed by atoms with Crippen molar-refractivity contribution in [2.45, 2.75) is 30.8 Å². The van der Waals surface area contributed by atoms with Crippen LogP contribution in [0.4, 0.5) is 18.3 Å². The van der Waals surface area contributed by atoms with Crippen molar-refractivity contribution in [3.63, 3.8) is 0 Å².